The SMILES string of the molecule is CN=C(NC)NCCCCC(=O)Nc1cc(C(F)(F)F)cc(NC(=O)Nc2ccc(NC(=O)Nc3cc(C(F)(F)F)cc(NC(=O)CCCCNC(=NC)NC)c3N3CCN(C)CC3)cc2)c1N1CCN(C)CC1. The van der Waals surface area contributed by atoms with E-state index in [-0.39, 0.29) is 58.3 Å². The van der Waals surface area contributed by atoms with Crippen LogP contribution in [0.4, 0.5) is 81.4 Å². The van der Waals surface area contributed by atoms with Crippen LogP contribution >= 0.6 is 0 Å². The number of rotatable bonds is 18. The predicted octanol–water partition coefficient (Wildman–Crippen LogP) is 6.32. The molecule has 6 amide bonds. The van der Waals surface area contributed by atoms with Gasteiger partial charge in [0.2, 0.25) is 11.8 Å². The molecule has 5 rings (SSSR count). The van der Waals surface area contributed by atoms with E-state index in [0.29, 0.717) is 103 Å². The number of benzene rings is 3. The number of piperazine rings is 2. The molecule has 0 atom stereocenters. The first-order valence-electron chi connectivity index (χ1n) is 24.2. The molecule has 10 N–H and O–H groups in total. The number of hydrogen-bond acceptors (Lipinski definition) is 10. The first-order valence-corrected chi connectivity index (χ1v) is 24.2. The number of halogens is 6. The monoisotopic (exact) mass is 1050 g/mol. The fourth-order valence-electron chi connectivity index (χ4n) is 8.14. The average molecular weight is 1050 g/mol. The molecule has 2 aliphatic rings. The summed E-state index contributed by atoms with van der Waals surface area (Å²) in [5.74, 6) is 0.127. The van der Waals surface area contributed by atoms with Gasteiger partial charge < -0.3 is 72.8 Å². The topological polar surface area (TPSA) is 226 Å². The Morgan fingerprint density at radius 2 is 0.824 bits per heavy atom. The van der Waals surface area contributed by atoms with Crippen molar-refractivity contribution in [1.29, 1.82) is 0 Å². The molecule has 0 aliphatic carbocycles. The molecule has 2 heterocycles. The van der Waals surface area contributed by atoms with Crippen LogP contribution in [0.5, 0.6) is 0 Å². The molecule has 26 heteroatoms. The second kappa shape index (κ2) is 27.2. The molecule has 2 fully saturated rings. The number of likely N-dealkylation sites (N-methyl/N-ethyl adjacent to an activating group) is 2. The number of carbonyl (C=O) groups excluding carboxylic acids is 4. The van der Waals surface area contributed by atoms with Crippen molar-refractivity contribution < 1.29 is 45.5 Å². The largest absolute Gasteiger partial charge is 0.416 e. The Bertz CT molecular complexity index is 2270. The van der Waals surface area contributed by atoms with Crippen LogP contribution in [0.1, 0.15) is 49.7 Å². The normalized spacial score (nSPS) is 15.0. The molecule has 3 aromatic rings. The number of carbonyl (C=O) groups is 4. The number of guanidine groups is 2. The van der Waals surface area contributed by atoms with Crippen molar-refractivity contribution in [2.45, 2.75) is 50.9 Å². The third-order valence-electron chi connectivity index (χ3n) is 12.1. The Labute approximate surface area is 426 Å². The third-order valence-corrected chi connectivity index (χ3v) is 12.1. The molecule has 0 spiro atoms. The molecular formula is C48H68F6N16O4. The van der Waals surface area contributed by atoms with Crippen molar-refractivity contribution >= 4 is 81.3 Å². The van der Waals surface area contributed by atoms with E-state index in [1.54, 1.807) is 38.0 Å². The first kappa shape index (κ1) is 57.7. The van der Waals surface area contributed by atoms with Gasteiger partial charge in [-0.3, -0.25) is 19.6 Å². The fourth-order valence-corrected chi connectivity index (χ4v) is 8.14. The fraction of sp³-hybridized carbons (Fsp3) is 0.500. The molecule has 3 aromatic carbocycles. The summed E-state index contributed by atoms with van der Waals surface area (Å²) in [5, 5.41) is 27.6. The van der Waals surface area contributed by atoms with E-state index >= 15 is 0 Å². The number of nitrogens with zero attached hydrogens (tertiary/aromatic N) is 6. The summed E-state index contributed by atoms with van der Waals surface area (Å²) in [7, 11) is 10.5. The second-order valence-corrected chi connectivity index (χ2v) is 17.7. The number of anilines is 8. The standard InChI is InChI=1S/C48H68F6N16O4/c1-55-43(56-2)59-17-9-7-11-39(71)63-35-27-31(47(49,50)51)29-37(41(35)69-23-19-67(5)20-24-69)65-45(73)61-33-13-15-34(16-14-33)62-46(74)66-38-30-32(48(52,53)54)28-36(42(38)70-25-21-68(6)22-26-70)64-40(72)12-8-10-18-60-44(57-3)58-4/h13-16,27-30H,7-12,17-26H2,1-6H3,(H,63,71)(H,64,72)(H2,55,56,59)(H2,57,58,60)(H2,61,65,73)(H2,62,66,74). The maximum Gasteiger partial charge on any atom is 0.416 e. The molecule has 20 nitrogen and oxygen atoms in total. The van der Waals surface area contributed by atoms with Crippen LogP contribution in [0.25, 0.3) is 0 Å². The zero-order valence-corrected chi connectivity index (χ0v) is 42.5. The number of unbranched alkanes of at least 4 members (excludes halogenated alkanes) is 2. The summed E-state index contributed by atoms with van der Waals surface area (Å²) < 4.78 is 86.4. The molecule has 0 unspecified atom stereocenters. The molecule has 2 saturated heterocycles. The Morgan fingerprint density at radius 1 is 0.500 bits per heavy atom. The van der Waals surface area contributed by atoms with Crippen LogP contribution < -0.4 is 63.0 Å². The van der Waals surface area contributed by atoms with Gasteiger partial charge >= 0.3 is 24.4 Å². The van der Waals surface area contributed by atoms with E-state index in [9.17, 15) is 45.5 Å². The summed E-state index contributed by atoms with van der Waals surface area (Å²) in [6.07, 6.45) is -7.63. The highest BCUT2D eigenvalue weighted by Gasteiger charge is 2.36. The highest BCUT2D eigenvalue weighted by molar-refractivity contribution is 6.07. The Hall–Kier alpha value is -7.22. The van der Waals surface area contributed by atoms with Gasteiger partial charge in [0.15, 0.2) is 11.9 Å². The Morgan fingerprint density at radius 3 is 1.12 bits per heavy atom. The summed E-state index contributed by atoms with van der Waals surface area (Å²) >= 11 is 0. The molecule has 0 bridgehead atoms. The van der Waals surface area contributed by atoms with E-state index in [2.05, 4.69) is 63.2 Å². The van der Waals surface area contributed by atoms with Crippen LogP contribution in [0.3, 0.4) is 0 Å². The minimum absolute atomic E-state index is 0.0192. The van der Waals surface area contributed by atoms with Crippen LogP contribution in [-0.4, -0.2) is 153 Å². The van der Waals surface area contributed by atoms with Crippen LogP contribution in [0.2, 0.25) is 0 Å². The van der Waals surface area contributed by atoms with Crippen molar-refractivity contribution in [3.63, 3.8) is 0 Å². The van der Waals surface area contributed by atoms with Gasteiger partial charge in [-0.2, -0.15) is 26.3 Å². The lowest BCUT2D eigenvalue weighted by atomic mass is 10.1. The predicted molar refractivity (Wildman–Crippen MR) is 280 cm³/mol. The van der Waals surface area contributed by atoms with Gasteiger partial charge in [0.05, 0.1) is 45.3 Å². The Balaban J connectivity index is 1.31. The summed E-state index contributed by atoms with van der Waals surface area (Å²) in [6.45, 7) is 4.80. The lowest BCUT2D eigenvalue weighted by molar-refractivity contribution is -0.138. The van der Waals surface area contributed by atoms with Gasteiger partial charge in [-0.1, -0.05) is 0 Å². The van der Waals surface area contributed by atoms with Gasteiger partial charge in [0.1, 0.15) is 0 Å². The molecule has 0 saturated carbocycles. The zero-order valence-electron chi connectivity index (χ0n) is 42.5. The molecule has 0 aromatic heterocycles. The maximum absolute atomic E-state index is 14.4. The Kier molecular flexibility index (Phi) is 21.2. The number of nitrogens with one attached hydrogen (secondary N) is 10. The van der Waals surface area contributed by atoms with Crippen molar-refractivity contribution in [1.82, 2.24) is 31.1 Å². The van der Waals surface area contributed by atoms with Crippen molar-refractivity contribution in [2.75, 3.05) is 149 Å². The number of aliphatic imine (C=N–C) groups is 2. The number of amides is 6. The summed E-state index contributed by atoms with van der Waals surface area (Å²) in [4.78, 5) is 69.4. The summed E-state index contributed by atoms with van der Waals surface area (Å²) in [6, 6.07) is 7.14. The van der Waals surface area contributed by atoms with Gasteiger partial charge in [-0.05, 0) is 88.3 Å². The van der Waals surface area contributed by atoms with Crippen molar-refractivity contribution in [2.24, 2.45) is 9.98 Å². The molecule has 2 aliphatic heterocycles. The molecule has 406 valence electrons. The minimum atomic E-state index is -4.84. The average Bonchev–Trinajstić information content (AvgIpc) is 3.34. The maximum atomic E-state index is 14.4. The van der Waals surface area contributed by atoms with Gasteiger partial charge in [-0.15, -0.1) is 0 Å². The van der Waals surface area contributed by atoms with Gasteiger partial charge in [0, 0.05) is 118 Å². The number of urea groups is 2. The minimum Gasteiger partial charge on any atom is -0.366 e. The highest BCUT2D eigenvalue weighted by atomic mass is 19.4. The van der Waals surface area contributed by atoms with E-state index < -0.39 is 47.4 Å². The first-order chi connectivity index (χ1) is 35.2. The van der Waals surface area contributed by atoms with Crippen molar-refractivity contribution in [3.8, 4) is 0 Å². The van der Waals surface area contributed by atoms with E-state index in [4.69, 9.17) is 0 Å². The zero-order chi connectivity index (χ0) is 54.0. The van der Waals surface area contributed by atoms with Crippen LogP contribution in [0.15, 0.2) is 58.5 Å². The highest BCUT2D eigenvalue weighted by Crippen LogP contribution is 2.43. The third kappa shape index (κ3) is 17.5. The van der Waals surface area contributed by atoms with Gasteiger partial charge in [0.25, 0.3) is 0 Å². The lowest BCUT2D eigenvalue weighted by Gasteiger charge is -2.36. The quantitative estimate of drug-likeness (QED) is 0.0292. The van der Waals surface area contributed by atoms with Gasteiger partial charge in [-0.25, -0.2) is 9.59 Å². The van der Waals surface area contributed by atoms with E-state index in [0.717, 1.165) is 24.3 Å². The molecule has 0 radical (unpaired) electrons. The molecule has 74 heavy (non-hydrogen) atoms. The van der Waals surface area contributed by atoms with Crippen LogP contribution in [-0.2, 0) is 21.9 Å². The van der Waals surface area contributed by atoms with Crippen molar-refractivity contribution in [3.05, 3.63) is 59.7 Å². The number of alkyl halides is 6. The van der Waals surface area contributed by atoms with E-state index in [1.807, 2.05) is 23.9 Å². The summed E-state index contributed by atoms with van der Waals surface area (Å²) in [5.41, 5.74) is -2.07. The molecular weight excluding hydrogens is 979 g/mol. The lowest BCUT2D eigenvalue weighted by Crippen LogP contribution is -2.45. The van der Waals surface area contributed by atoms with Crippen LogP contribution in [0, 0.1) is 0 Å². The second-order valence-electron chi connectivity index (χ2n) is 17.7. The number of hydrogen-bond donors (Lipinski definition) is 10. The smallest absolute Gasteiger partial charge is 0.366 e. The van der Waals surface area contributed by atoms with E-state index in [1.165, 1.54) is 24.3 Å².